The highest BCUT2D eigenvalue weighted by molar-refractivity contribution is 6.06. The lowest BCUT2D eigenvalue weighted by Gasteiger charge is -2.30. The minimum atomic E-state index is -0.355. The van der Waals surface area contributed by atoms with Crippen LogP contribution in [0.5, 0.6) is 5.75 Å². The second-order valence-corrected chi connectivity index (χ2v) is 9.33. The van der Waals surface area contributed by atoms with Crippen molar-refractivity contribution in [2.24, 2.45) is 0 Å². The zero-order valence-corrected chi connectivity index (χ0v) is 20.9. The van der Waals surface area contributed by atoms with E-state index in [-0.39, 0.29) is 17.0 Å². The van der Waals surface area contributed by atoms with Crippen molar-refractivity contribution in [2.75, 3.05) is 81.8 Å². The van der Waals surface area contributed by atoms with Crippen molar-refractivity contribution in [2.45, 2.75) is 6.42 Å². The fourth-order valence-corrected chi connectivity index (χ4v) is 4.93. The average Bonchev–Trinajstić information content (AvgIpc) is 3.13. The molecule has 2 aliphatic rings. The number of aromatic nitrogens is 1. The molecule has 0 saturated carbocycles. The van der Waals surface area contributed by atoms with E-state index >= 15 is 0 Å². The summed E-state index contributed by atoms with van der Waals surface area (Å²) < 4.78 is 11.0. The number of amides is 1. The van der Waals surface area contributed by atoms with E-state index in [1.165, 1.54) is 6.07 Å². The van der Waals surface area contributed by atoms with Crippen LogP contribution in [0, 0.1) is 0 Å². The number of methoxy groups -OCH3 is 1. The summed E-state index contributed by atoms with van der Waals surface area (Å²) in [7, 11) is 3.72. The van der Waals surface area contributed by atoms with Gasteiger partial charge in [0.05, 0.1) is 48.3 Å². The highest BCUT2D eigenvalue weighted by Gasteiger charge is 2.21. The summed E-state index contributed by atoms with van der Waals surface area (Å²) in [5.41, 5.74) is 3.18. The smallest absolute Gasteiger partial charge is 0.272 e. The summed E-state index contributed by atoms with van der Waals surface area (Å²) in [6, 6.07) is 12.8. The molecule has 2 aliphatic heterocycles. The molecule has 3 aromatic rings. The molecule has 0 spiro atoms. The number of carbonyl (C=O) groups excluding carboxylic acids is 1. The Morgan fingerprint density at radius 2 is 1.75 bits per heavy atom. The Kier molecular flexibility index (Phi) is 7.11. The summed E-state index contributed by atoms with van der Waals surface area (Å²) >= 11 is 0. The fraction of sp³-hybridized carbons (Fsp3) is 0.407. The number of ether oxygens (including phenoxy) is 2. The molecule has 0 unspecified atom stereocenters. The van der Waals surface area contributed by atoms with E-state index in [0.717, 1.165) is 57.1 Å². The first kappa shape index (κ1) is 24.1. The third-order valence-corrected chi connectivity index (χ3v) is 6.94. The predicted octanol–water partition coefficient (Wildman–Crippen LogP) is 2.77. The van der Waals surface area contributed by atoms with Gasteiger partial charge in [-0.3, -0.25) is 9.59 Å². The molecule has 0 bridgehead atoms. The number of carbonyl (C=O) groups is 1. The molecule has 2 aromatic carbocycles. The van der Waals surface area contributed by atoms with Crippen molar-refractivity contribution < 1.29 is 14.3 Å². The van der Waals surface area contributed by atoms with Gasteiger partial charge in [-0.05, 0) is 38.2 Å². The third-order valence-electron chi connectivity index (χ3n) is 6.94. The quantitative estimate of drug-likeness (QED) is 0.567. The second kappa shape index (κ2) is 10.6. The predicted molar refractivity (Wildman–Crippen MR) is 143 cm³/mol. The van der Waals surface area contributed by atoms with E-state index in [2.05, 4.69) is 32.0 Å². The molecule has 0 aliphatic carbocycles. The summed E-state index contributed by atoms with van der Waals surface area (Å²) in [5.74, 6) is 0.268. The van der Waals surface area contributed by atoms with E-state index in [1.807, 2.05) is 30.3 Å². The molecule has 1 aromatic heterocycles. The number of para-hydroxylation sites is 2. The highest BCUT2D eigenvalue weighted by atomic mass is 16.5. The molecule has 2 saturated heterocycles. The van der Waals surface area contributed by atoms with Crippen LogP contribution in [0.15, 0.2) is 47.3 Å². The van der Waals surface area contributed by atoms with Gasteiger partial charge in [-0.15, -0.1) is 0 Å². The van der Waals surface area contributed by atoms with Gasteiger partial charge in [0.2, 0.25) is 0 Å². The number of nitrogens with one attached hydrogen (secondary N) is 2. The van der Waals surface area contributed by atoms with E-state index in [9.17, 15) is 9.59 Å². The number of pyridine rings is 1. The maximum atomic E-state index is 13.4. The Hall–Kier alpha value is -3.56. The maximum Gasteiger partial charge on any atom is 0.272 e. The largest absolute Gasteiger partial charge is 0.497 e. The zero-order chi connectivity index (χ0) is 25.1. The molecule has 5 rings (SSSR count). The first-order chi connectivity index (χ1) is 17.5. The Bertz CT molecular complexity index is 1300. The van der Waals surface area contributed by atoms with Crippen LogP contribution < -0.4 is 25.3 Å². The molecule has 36 heavy (non-hydrogen) atoms. The number of nitrogens with zero attached hydrogens (tertiary/aromatic N) is 3. The van der Waals surface area contributed by atoms with Crippen LogP contribution in [-0.4, -0.2) is 82.4 Å². The number of aromatic amines is 1. The number of hydrogen-bond acceptors (Lipinski definition) is 7. The second-order valence-electron chi connectivity index (χ2n) is 9.33. The number of benzene rings is 2. The van der Waals surface area contributed by atoms with Gasteiger partial charge < -0.3 is 34.5 Å². The number of fused-ring (bicyclic) bond motifs is 1. The summed E-state index contributed by atoms with van der Waals surface area (Å²) in [4.78, 5) is 36.6. The van der Waals surface area contributed by atoms with Crippen molar-refractivity contribution >= 4 is 33.9 Å². The average molecular weight is 492 g/mol. The van der Waals surface area contributed by atoms with Crippen LogP contribution in [0.4, 0.5) is 17.1 Å². The van der Waals surface area contributed by atoms with E-state index in [0.29, 0.717) is 35.6 Å². The number of rotatable bonds is 5. The molecule has 9 heteroatoms. The maximum absolute atomic E-state index is 13.4. The third kappa shape index (κ3) is 5.03. The monoisotopic (exact) mass is 491 g/mol. The lowest BCUT2D eigenvalue weighted by atomic mass is 10.1. The summed E-state index contributed by atoms with van der Waals surface area (Å²) in [5, 5.41) is 3.52. The van der Waals surface area contributed by atoms with E-state index in [1.54, 1.807) is 13.2 Å². The molecular weight excluding hydrogens is 458 g/mol. The van der Waals surface area contributed by atoms with Crippen molar-refractivity contribution in [1.82, 2.24) is 9.88 Å². The van der Waals surface area contributed by atoms with Crippen molar-refractivity contribution in [3.63, 3.8) is 0 Å². The van der Waals surface area contributed by atoms with Crippen LogP contribution in [0.2, 0.25) is 0 Å². The molecule has 190 valence electrons. The minimum Gasteiger partial charge on any atom is -0.497 e. The van der Waals surface area contributed by atoms with Crippen LogP contribution >= 0.6 is 0 Å². The Morgan fingerprint density at radius 3 is 2.56 bits per heavy atom. The lowest BCUT2D eigenvalue weighted by molar-refractivity contribution is 0.102. The first-order valence-corrected chi connectivity index (χ1v) is 12.4. The van der Waals surface area contributed by atoms with Crippen molar-refractivity contribution in [1.29, 1.82) is 0 Å². The van der Waals surface area contributed by atoms with Crippen LogP contribution in [-0.2, 0) is 4.74 Å². The highest BCUT2D eigenvalue weighted by Crippen LogP contribution is 2.31. The number of anilines is 3. The minimum absolute atomic E-state index is 0.220. The molecule has 2 fully saturated rings. The summed E-state index contributed by atoms with van der Waals surface area (Å²) in [6.45, 7) is 6.44. The van der Waals surface area contributed by atoms with Crippen LogP contribution in [0.1, 0.15) is 16.9 Å². The van der Waals surface area contributed by atoms with Gasteiger partial charge in [-0.25, -0.2) is 0 Å². The van der Waals surface area contributed by atoms with Gasteiger partial charge >= 0.3 is 0 Å². The van der Waals surface area contributed by atoms with Crippen LogP contribution in [0.25, 0.3) is 10.9 Å². The van der Waals surface area contributed by atoms with E-state index < -0.39 is 0 Å². The zero-order valence-electron chi connectivity index (χ0n) is 20.9. The van der Waals surface area contributed by atoms with Crippen LogP contribution in [0.3, 0.4) is 0 Å². The Balaban J connectivity index is 1.51. The van der Waals surface area contributed by atoms with Gasteiger partial charge in [0.15, 0.2) is 5.43 Å². The Labute approximate surface area is 210 Å². The topological polar surface area (TPSA) is 90.1 Å². The molecular formula is C27H33N5O4. The fourth-order valence-electron chi connectivity index (χ4n) is 4.93. The van der Waals surface area contributed by atoms with Gasteiger partial charge in [-0.1, -0.05) is 12.1 Å². The van der Waals surface area contributed by atoms with Crippen molar-refractivity contribution in [3.05, 3.63) is 58.4 Å². The number of morpholine rings is 1. The summed E-state index contributed by atoms with van der Waals surface area (Å²) in [6.07, 6.45) is 1.01. The number of H-pyrrole nitrogens is 1. The van der Waals surface area contributed by atoms with Gasteiger partial charge in [0.25, 0.3) is 5.91 Å². The lowest BCUT2D eigenvalue weighted by Crippen LogP contribution is -2.36. The molecule has 0 radical (unpaired) electrons. The first-order valence-electron chi connectivity index (χ1n) is 12.4. The molecule has 3 heterocycles. The SMILES string of the molecule is COc1cc(N2CCCN(C)CC2)c2[nH]c(C(=O)Nc3ccccc3N3CCOCC3)cc(=O)c2c1. The van der Waals surface area contributed by atoms with Gasteiger partial charge in [0, 0.05) is 44.9 Å². The molecule has 9 nitrogen and oxygen atoms in total. The standard InChI is InChI=1S/C27H33N5O4/c1-30-8-5-9-31(11-10-30)24-17-19(35-2)16-20-25(33)18-22(28-26(20)24)27(34)29-21-6-3-4-7-23(21)32-12-14-36-15-13-32/h3-4,6-7,16-18H,5,8-15H2,1-2H3,(H,28,33)(H,29,34). The number of likely N-dealkylation sites (N-methyl/N-ethyl adjacent to an activating group) is 1. The normalized spacial score (nSPS) is 17.2. The van der Waals surface area contributed by atoms with Gasteiger partial charge in [-0.2, -0.15) is 0 Å². The van der Waals surface area contributed by atoms with Gasteiger partial charge in [0.1, 0.15) is 11.4 Å². The molecule has 0 atom stereocenters. The molecule has 1 amide bonds. The van der Waals surface area contributed by atoms with Crippen molar-refractivity contribution in [3.8, 4) is 5.75 Å². The Morgan fingerprint density at radius 1 is 0.972 bits per heavy atom. The van der Waals surface area contributed by atoms with E-state index in [4.69, 9.17) is 9.47 Å². The molecule has 2 N–H and O–H groups in total. The number of hydrogen-bond donors (Lipinski definition) is 2.